The normalized spacial score (nSPS) is 17.3. The Balaban J connectivity index is 1.55. The number of rotatable bonds is 11. The molecule has 5 N–H and O–H groups in total. The molecule has 4 rings (SSSR count). The number of nitrogens with two attached hydrogens (primary N) is 1. The van der Waals surface area contributed by atoms with Gasteiger partial charge < -0.3 is 26.2 Å². The lowest BCUT2D eigenvalue weighted by Crippen LogP contribution is -2.23. The van der Waals surface area contributed by atoms with E-state index in [9.17, 15) is 28.4 Å². The van der Waals surface area contributed by atoms with E-state index >= 15 is 0 Å². The Kier molecular flexibility index (Phi) is 9.38. The number of aromatic nitrogens is 2. The van der Waals surface area contributed by atoms with E-state index in [1.807, 2.05) is 0 Å². The number of halogens is 3. The maximum atomic E-state index is 13.4. The third kappa shape index (κ3) is 7.57. The van der Waals surface area contributed by atoms with Crippen LogP contribution in [0.25, 0.3) is 11.1 Å². The van der Waals surface area contributed by atoms with Gasteiger partial charge in [-0.05, 0) is 54.7 Å². The van der Waals surface area contributed by atoms with E-state index in [1.54, 1.807) is 30.3 Å². The number of nitro groups is 1. The maximum Gasteiger partial charge on any atom is 0.573 e. The Hall–Kier alpha value is -3.97. The molecule has 1 aliphatic carbocycles. The molecular weight excluding hydrogens is 529 g/mol. The summed E-state index contributed by atoms with van der Waals surface area (Å²) in [5.74, 6) is 0.206. The standard InChI is InChI=1S/C27H31F3N6O4/c28-27(29,30)40-24-21(5-2-6-22(24)20-4-1-3-19(11-20)12-31)14-33-26-34-15-23(36(38)39)25(35-26)32-13-17-7-9-18(16-37)10-8-17/h1-6,11,15,17-18,37H,7-10,12-14,16,31H2,(H2,32,33,34,35). The quantitative estimate of drug-likeness (QED) is 0.183. The van der Waals surface area contributed by atoms with Gasteiger partial charge in [-0.15, -0.1) is 13.2 Å². The zero-order chi connectivity index (χ0) is 28.7. The average molecular weight is 561 g/mol. The number of hydrogen-bond donors (Lipinski definition) is 4. The molecule has 1 aliphatic rings. The van der Waals surface area contributed by atoms with Crippen LogP contribution < -0.4 is 21.1 Å². The van der Waals surface area contributed by atoms with E-state index in [2.05, 4.69) is 25.3 Å². The minimum atomic E-state index is -4.94. The lowest BCUT2D eigenvalue weighted by Gasteiger charge is -2.27. The molecule has 0 spiro atoms. The maximum absolute atomic E-state index is 13.4. The van der Waals surface area contributed by atoms with Gasteiger partial charge in [0.2, 0.25) is 11.8 Å². The Morgan fingerprint density at radius 2 is 1.82 bits per heavy atom. The molecule has 0 radical (unpaired) electrons. The third-order valence-electron chi connectivity index (χ3n) is 6.97. The van der Waals surface area contributed by atoms with Gasteiger partial charge >= 0.3 is 12.0 Å². The van der Waals surface area contributed by atoms with Crippen LogP contribution in [-0.4, -0.2) is 39.5 Å². The summed E-state index contributed by atoms with van der Waals surface area (Å²) in [6.07, 6.45) is -0.335. The Labute approximate surface area is 228 Å². The van der Waals surface area contributed by atoms with Crippen molar-refractivity contribution >= 4 is 17.5 Å². The highest BCUT2D eigenvalue weighted by Gasteiger charge is 2.33. The molecule has 10 nitrogen and oxygen atoms in total. The van der Waals surface area contributed by atoms with E-state index in [0.717, 1.165) is 37.4 Å². The Bertz CT molecular complexity index is 1320. The summed E-state index contributed by atoms with van der Waals surface area (Å²) in [5.41, 5.74) is 7.07. The third-order valence-corrected chi connectivity index (χ3v) is 6.97. The molecule has 0 unspecified atom stereocenters. The van der Waals surface area contributed by atoms with Crippen LogP contribution in [0, 0.1) is 22.0 Å². The number of anilines is 2. The summed E-state index contributed by atoms with van der Waals surface area (Å²) < 4.78 is 44.7. The van der Waals surface area contributed by atoms with Crippen LogP contribution in [0.5, 0.6) is 5.75 Å². The van der Waals surface area contributed by atoms with Gasteiger partial charge in [0.25, 0.3) is 0 Å². The van der Waals surface area contributed by atoms with Gasteiger partial charge in [0.05, 0.1) is 4.92 Å². The molecule has 1 aromatic heterocycles. The van der Waals surface area contributed by atoms with Crippen molar-refractivity contribution < 1.29 is 27.9 Å². The monoisotopic (exact) mass is 560 g/mol. The highest BCUT2D eigenvalue weighted by molar-refractivity contribution is 5.73. The topological polar surface area (TPSA) is 148 Å². The number of aliphatic hydroxyl groups excluding tert-OH is 1. The first-order chi connectivity index (χ1) is 19.2. The van der Waals surface area contributed by atoms with Crippen molar-refractivity contribution in [2.45, 2.75) is 45.1 Å². The van der Waals surface area contributed by atoms with Gasteiger partial charge in [-0.2, -0.15) is 4.98 Å². The Morgan fingerprint density at radius 1 is 1.10 bits per heavy atom. The van der Waals surface area contributed by atoms with E-state index in [1.165, 1.54) is 12.1 Å². The lowest BCUT2D eigenvalue weighted by molar-refractivity contribution is -0.384. The van der Waals surface area contributed by atoms with E-state index < -0.39 is 11.3 Å². The molecule has 3 aromatic rings. The van der Waals surface area contributed by atoms with E-state index in [-0.39, 0.29) is 65.9 Å². The van der Waals surface area contributed by atoms with Gasteiger partial charge in [-0.3, -0.25) is 10.1 Å². The summed E-state index contributed by atoms with van der Waals surface area (Å²) in [6.45, 7) is 0.703. The van der Waals surface area contributed by atoms with Crippen LogP contribution >= 0.6 is 0 Å². The number of benzene rings is 2. The summed E-state index contributed by atoms with van der Waals surface area (Å²) in [5, 5.41) is 26.8. The van der Waals surface area contributed by atoms with Crippen LogP contribution in [-0.2, 0) is 13.1 Å². The molecule has 0 aliphatic heterocycles. The van der Waals surface area contributed by atoms with E-state index in [4.69, 9.17) is 5.73 Å². The molecule has 13 heteroatoms. The van der Waals surface area contributed by atoms with Gasteiger partial charge in [0.15, 0.2) is 0 Å². The second-order valence-electron chi connectivity index (χ2n) is 9.73. The van der Waals surface area contributed by atoms with Crippen molar-refractivity contribution in [2.75, 3.05) is 23.8 Å². The zero-order valence-electron chi connectivity index (χ0n) is 21.7. The van der Waals surface area contributed by atoms with Gasteiger partial charge in [-0.25, -0.2) is 4.98 Å². The molecule has 1 saturated carbocycles. The fourth-order valence-corrected chi connectivity index (χ4v) is 4.81. The molecule has 1 heterocycles. The number of hydrogen-bond acceptors (Lipinski definition) is 9. The molecule has 214 valence electrons. The zero-order valence-corrected chi connectivity index (χ0v) is 21.7. The fourth-order valence-electron chi connectivity index (χ4n) is 4.81. The molecule has 1 fully saturated rings. The minimum Gasteiger partial charge on any atom is -0.405 e. The fraction of sp³-hybridized carbons (Fsp3) is 0.407. The average Bonchev–Trinajstić information content (AvgIpc) is 2.95. The highest BCUT2D eigenvalue weighted by Crippen LogP contribution is 2.38. The van der Waals surface area contributed by atoms with Crippen LogP contribution in [0.15, 0.2) is 48.7 Å². The van der Waals surface area contributed by atoms with Crippen LogP contribution in [0.2, 0.25) is 0 Å². The van der Waals surface area contributed by atoms with Crippen LogP contribution in [0.3, 0.4) is 0 Å². The van der Waals surface area contributed by atoms with Crippen molar-refractivity contribution in [1.29, 1.82) is 0 Å². The second-order valence-corrected chi connectivity index (χ2v) is 9.73. The van der Waals surface area contributed by atoms with Crippen LogP contribution in [0.1, 0.15) is 36.8 Å². The highest BCUT2D eigenvalue weighted by atomic mass is 19.4. The molecule has 0 saturated heterocycles. The van der Waals surface area contributed by atoms with Gasteiger partial charge in [-0.1, -0.05) is 36.4 Å². The van der Waals surface area contributed by atoms with Crippen molar-refractivity contribution in [3.63, 3.8) is 0 Å². The summed E-state index contributed by atoms with van der Waals surface area (Å²) in [6, 6.07) is 11.5. The molecule has 0 bridgehead atoms. The van der Waals surface area contributed by atoms with Crippen molar-refractivity contribution in [3.05, 3.63) is 69.9 Å². The molecule has 0 amide bonds. The number of para-hydroxylation sites is 1. The lowest BCUT2D eigenvalue weighted by atomic mass is 9.82. The number of nitrogens with zero attached hydrogens (tertiary/aromatic N) is 3. The molecule has 2 aromatic carbocycles. The summed E-state index contributed by atoms with van der Waals surface area (Å²) >= 11 is 0. The van der Waals surface area contributed by atoms with Crippen molar-refractivity contribution in [2.24, 2.45) is 17.6 Å². The molecular formula is C27H31F3N6O4. The summed E-state index contributed by atoms with van der Waals surface area (Å²) in [7, 11) is 0. The summed E-state index contributed by atoms with van der Waals surface area (Å²) in [4.78, 5) is 19.2. The predicted molar refractivity (Wildman–Crippen MR) is 143 cm³/mol. The predicted octanol–water partition coefficient (Wildman–Crippen LogP) is 5.23. The number of aliphatic hydroxyl groups is 1. The molecule has 0 atom stereocenters. The first-order valence-corrected chi connectivity index (χ1v) is 12.9. The van der Waals surface area contributed by atoms with Crippen LogP contribution in [0.4, 0.5) is 30.6 Å². The van der Waals surface area contributed by atoms with Gasteiger partial charge in [0.1, 0.15) is 11.9 Å². The number of ether oxygens (including phenoxy) is 1. The minimum absolute atomic E-state index is 0.00517. The largest absolute Gasteiger partial charge is 0.573 e. The van der Waals surface area contributed by atoms with E-state index in [0.29, 0.717) is 12.1 Å². The van der Waals surface area contributed by atoms with Crippen molar-refractivity contribution in [1.82, 2.24) is 9.97 Å². The van der Waals surface area contributed by atoms with Crippen molar-refractivity contribution in [3.8, 4) is 16.9 Å². The first-order valence-electron chi connectivity index (χ1n) is 12.9. The second kappa shape index (κ2) is 12.9. The smallest absolute Gasteiger partial charge is 0.405 e. The number of alkyl halides is 3. The number of nitrogens with one attached hydrogen (secondary N) is 2. The SMILES string of the molecule is NCc1cccc(-c2cccc(CNc3ncc([N+](=O)[O-])c(NCC4CCC(CO)CC4)n3)c2OC(F)(F)F)c1. The molecule has 40 heavy (non-hydrogen) atoms. The Morgan fingerprint density at radius 3 is 2.50 bits per heavy atom. The first kappa shape index (κ1) is 29.0. The van der Waals surface area contributed by atoms with Gasteiger partial charge in [0, 0.05) is 37.4 Å².